The van der Waals surface area contributed by atoms with E-state index in [0.717, 1.165) is 38.8 Å². The lowest BCUT2D eigenvalue weighted by Gasteiger charge is -2.20. The minimum atomic E-state index is -0.278. The molecule has 5 nitrogen and oxygen atoms in total. The van der Waals surface area contributed by atoms with Crippen molar-refractivity contribution in [3.8, 4) is 0 Å². The predicted octanol–water partition coefficient (Wildman–Crippen LogP) is 0.503. The second-order valence-corrected chi connectivity index (χ2v) is 4.84. The number of carbonyl (C=O) groups is 2. The van der Waals surface area contributed by atoms with Gasteiger partial charge in [0.15, 0.2) is 0 Å². The Balaban J connectivity index is 2.17. The number of likely N-dealkylation sites (tertiary alicyclic amines) is 1. The van der Waals surface area contributed by atoms with Crippen molar-refractivity contribution >= 4 is 11.8 Å². The van der Waals surface area contributed by atoms with Crippen molar-refractivity contribution < 1.29 is 9.59 Å². The largest absolute Gasteiger partial charge is 0.355 e. The number of hydrogen-bond acceptors (Lipinski definition) is 3. The zero-order valence-corrected chi connectivity index (χ0v) is 11.5. The third-order valence-electron chi connectivity index (χ3n) is 3.21. The maximum atomic E-state index is 11.9. The topological polar surface area (TPSA) is 61.4 Å². The standard InChI is InChI=1S/C13H25N3O2/c1-3-4-7-14-12(17)10-15-11(2)13(18)16-8-5-6-9-16/h11,15H,3-10H2,1-2H3,(H,14,17). The second kappa shape index (κ2) is 8.08. The Kier molecular flexibility index (Phi) is 6.72. The van der Waals surface area contributed by atoms with Crippen molar-refractivity contribution in [2.45, 2.75) is 45.6 Å². The molecule has 1 atom stereocenters. The van der Waals surface area contributed by atoms with Gasteiger partial charge in [-0.15, -0.1) is 0 Å². The summed E-state index contributed by atoms with van der Waals surface area (Å²) in [4.78, 5) is 25.3. The zero-order valence-electron chi connectivity index (χ0n) is 11.5. The highest BCUT2D eigenvalue weighted by Crippen LogP contribution is 2.08. The average molecular weight is 255 g/mol. The summed E-state index contributed by atoms with van der Waals surface area (Å²) in [6.45, 7) is 6.54. The number of carbonyl (C=O) groups excluding carboxylic acids is 2. The Bertz CT molecular complexity index is 275. The normalized spacial score (nSPS) is 16.7. The van der Waals surface area contributed by atoms with E-state index in [-0.39, 0.29) is 24.4 Å². The second-order valence-electron chi connectivity index (χ2n) is 4.84. The van der Waals surface area contributed by atoms with Gasteiger partial charge in [0.1, 0.15) is 0 Å². The first kappa shape index (κ1) is 15.0. The number of rotatable bonds is 7. The molecule has 0 radical (unpaired) electrons. The van der Waals surface area contributed by atoms with Crippen LogP contribution >= 0.6 is 0 Å². The van der Waals surface area contributed by atoms with E-state index in [9.17, 15) is 9.59 Å². The van der Waals surface area contributed by atoms with Gasteiger partial charge in [-0.2, -0.15) is 0 Å². The molecule has 0 aliphatic carbocycles. The van der Waals surface area contributed by atoms with Crippen LogP contribution < -0.4 is 10.6 Å². The number of hydrogen-bond donors (Lipinski definition) is 2. The van der Waals surface area contributed by atoms with Crippen LogP contribution in [0, 0.1) is 0 Å². The molecule has 1 saturated heterocycles. The number of nitrogens with one attached hydrogen (secondary N) is 2. The molecule has 18 heavy (non-hydrogen) atoms. The van der Waals surface area contributed by atoms with Gasteiger partial charge >= 0.3 is 0 Å². The smallest absolute Gasteiger partial charge is 0.239 e. The van der Waals surface area contributed by atoms with Crippen LogP contribution in [0.25, 0.3) is 0 Å². The first-order valence-electron chi connectivity index (χ1n) is 6.94. The molecular formula is C13H25N3O2. The summed E-state index contributed by atoms with van der Waals surface area (Å²) in [6, 6.07) is -0.278. The van der Waals surface area contributed by atoms with Gasteiger partial charge in [-0.05, 0) is 26.2 Å². The lowest BCUT2D eigenvalue weighted by Crippen LogP contribution is -2.47. The molecule has 5 heteroatoms. The molecule has 0 saturated carbocycles. The fourth-order valence-electron chi connectivity index (χ4n) is 2.01. The SMILES string of the molecule is CCCCNC(=O)CNC(C)C(=O)N1CCCC1. The molecule has 1 heterocycles. The lowest BCUT2D eigenvalue weighted by molar-refractivity contribution is -0.132. The highest BCUT2D eigenvalue weighted by molar-refractivity contribution is 5.83. The molecule has 1 unspecified atom stereocenters. The van der Waals surface area contributed by atoms with Crippen LogP contribution in [0.1, 0.15) is 39.5 Å². The van der Waals surface area contributed by atoms with Gasteiger partial charge in [0.25, 0.3) is 0 Å². The molecular weight excluding hydrogens is 230 g/mol. The molecule has 0 aromatic rings. The van der Waals surface area contributed by atoms with Gasteiger partial charge < -0.3 is 10.2 Å². The number of unbranched alkanes of at least 4 members (excludes halogenated alkanes) is 1. The molecule has 1 fully saturated rings. The van der Waals surface area contributed by atoms with E-state index in [1.54, 1.807) is 0 Å². The average Bonchev–Trinajstić information content (AvgIpc) is 2.89. The van der Waals surface area contributed by atoms with Crippen LogP contribution in [0.15, 0.2) is 0 Å². The fraction of sp³-hybridized carbons (Fsp3) is 0.846. The number of nitrogens with zero attached hydrogens (tertiary/aromatic N) is 1. The zero-order chi connectivity index (χ0) is 13.4. The third kappa shape index (κ3) is 5.04. The van der Waals surface area contributed by atoms with Gasteiger partial charge in [-0.3, -0.25) is 14.9 Å². The Morgan fingerprint density at radius 1 is 1.28 bits per heavy atom. The van der Waals surface area contributed by atoms with E-state index in [1.165, 1.54) is 0 Å². The highest BCUT2D eigenvalue weighted by Gasteiger charge is 2.22. The molecule has 0 bridgehead atoms. The van der Waals surface area contributed by atoms with Crippen molar-refractivity contribution in [1.82, 2.24) is 15.5 Å². The molecule has 2 amide bonds. The molecule has 2 N–H and O–H groups in total. The molecule has 0 spiro atoms. The van der Waals surface area contributed by atoms with E-state index in [2.05, 4.69) is 17.6 Å². The summed E-state index contributed by atoms with van der Waals surface area (Å²) in [7, 11) is 0. The summed E-state index contributed by atoms with van der Waals surface area (Å²) in [5.74, 6) is 0.0679. The predicted molar refractivity (Wildman–Crippen MR) is 71.2 cm³/mol. The van der Waals surface area contributed by atoms with Crippen LogP contribution in [0.2, 0.25) is 0 Å². The Labute approximate surface area is 109 Å². The molecule has 0 aromatic heterocycles. The van der Waals surface area contributed by atoms with Crippen LogP contribution in [0.4, 0.5) is 0 Å². The molecule has 1 aliphatic heterocycles. The fourth-order valence-corrected chi connectivity index (χ4v) is 2.01. The van der Waals surface area contributed by atoms with E-state index in [1.807, 2.05) is 11.8 Å². The summed E-state index contributed by atoms with van der Waals surface area (Å²) in [5, 5.41) is 5.80. The van der Waals surface area contributed by atoms with E-state index >= 15 is 0 Å². The summed E-state index contributed by atoms with van der Waals surface area (Å²) < 4.78 is 0. The lowest BCUT2D eigenvalue weighted by atomic mass is 10.3. The minimum Gasteiger partial charge on any atom is -0.355 e. The first-order chi connectivity index (χ1) is 8.65. The molecule has 1 rings (SSSR count). The summed E-state index contributed by atoms with van der Waals surface area (Å²) >= 11 is 0. The Hall–Kier alpha value is -1.10. The number of amides is 2. The maximum Gasteiger partial charge on any atom is 0.239 e. The van der Waals surface area contributed by atoms with Crippen LogP contribution in [-0.2, 0) is 9.59 Å². The minimum absolute atomic E-state index is 0.0375. The Morgan fingerprint density at radius 2 is 1.94 bits per heavy atom. The van der Waals surface area contributed by atoms with Crippen LogP contribution in [0.5, 0.6) is 0 Å². The first-order valence-corrected chi connectivity index (χ1v) is 6.94. The van der Waals surface area contributed by atoms with Crippen LogP contribution in [0.3, 0.4) is 0 Å². The van der Waals surface area contributed by atoms with Crippen molar-refractivity contribution in [2.24, 2.45) is 0 Å². The maximum absolute atomic E-state index is 11.9. The Morgan fingerprint density at radius 3 is 2.56 bits per heavy atom. The van der Waals surface area contributed by atoms with Gasteiger partial charge in [-0.25, -0.2) is 0 Å². The molecule has 104 valence electrons. The van der Waals surface area contributed by atoms with Crippen molar-refractivity contribution in [2.75, 3.05) is 26.2 Å². The third-order valence-corrected chi connectivity index (χ3v) is 3.21. The highest BCUT2D eigenvalue weighted by atomic mass is 16.2. The van der Waals surface area contributed by atoms with Crippen molar-refractivity contribution in [1.29, 1.82) is 0 Å². The van der Waals surface area contributed by atoms with E-state index in [4.69, 9.17) is 0 Å². The van der Waals surface area contributed by atoms with Gasteiger partial charge in [0.05, 0.1) is 12.6 Å². The van der Waals surface area contributed by atoms with Crippen molar-refractivity contribution in [3.05, 3.63) is 0 Å². The quantitative estimate of drug-likeness (QED) is 0.651. The monoisotopic (exact) mass is 255 g/mol. The molecule has 1 aliphatic rings. The van der Waals surface area contributed by atoms with Crippen LogP contribution in [-0.4, -0.2) is 48.9 Å². The molecule has 0 aromatic carbocycles. The van der Waals surface area contributed by atoms with E-state index in [0.29, 0.717) is 6.54 Å². The summed E-state index contributed by atoms with van der Waals surface area (Å²) in [5.41, 5.74) is 0. The van der Waals surface area contributed by atoms with Gasteiger partial charge in [0, 0.05) is 19.6 Å². The van der Waals surface area contributed by atoms with Gasteiger partial charge in [-0.1, -0.05) is 13.3 Å². The summed E-state index contributed by atoms with van der Waals surface area (Å²) in [6.07, 6.45) is 4.25. The van der Waals surface area contributed by atoms with Gasteiger partial charge in [0.2, 0.25) is 11.8 Å². The van der Waals surface area contributed by atoms with Crippen molar-refractivity contribution in [3.63, 3.8) is 0 Å². The van der Waals surface area contributed by atoms with E-state index < -0.39 is 0 Å².